The van der Waals surface area contributed by atoms with Crippen LogP contribution in [-0.2, 0) is 124 Å². The molecule has 1 aliphatic carbocycles. The number of amides is 6. The number of carbonyl (C=O) groups excluding carboxylic acids is 7. The molecule has 9 aliphatic heterocycles. The minimum absolute atomic E-state index is 0.0482. The summed E-state index contributed by atoms with van der Waals surface area (Å²) in [4.78, 5) is 105. The molecule has 137 heavy (non-hydrogen) atoms. The first kappa shape index (κ1) is 113. The standard InChI is InChI=1S/C76H124N10O49S2/c1-9-24-37(97)49(109)72(127-54(24)65(116)117)130-58-35(82-22(6)95)69(126-31(17-91)44(58)104)132-60-48(108)53(113)74(129-57-33(80-20(4)93)67(119-8)124-29(15-89)43(57)103)134-62(60)64(115)84-86-76(137)78-12-27-40(100)46(106)51(111)71(122-27)135-70-50(110)45(105)39(99)26(121-70)11-77-75(136)85-83-63(114)61-59(47(107)52(112)73(133-61)128-56-32(79-19(3)92)66(118-7)123-28(14-88)42(56)102)131-68-34(81-21(5)94)55(41(101)30(16-90)125-68)120-25-10-23(13-87)18(2)36(96)38(25)98/h13,18,23-62,66-74,88-91,96-113H,9-12,14-17H2,1-8H3,(H,79,92)(H,80,93)(H,81,94)(H,82,95)(H,83,114)(H,84,115)(H,116,117)(H2,77,85,136)(H2,78,86,137)/t18-,23?,24+,25-,26?,27?,28?,29?,30?,31?,32?,33?,34?,35?,36+,37+,38?,39-,40-,41-,42-,43-,44-,45+,46+,47-,48-,49?,50?,51?,52?,53?,54?,55-,56-,57-,58-,59+,60+,61?,62?,66-,67-,68+,69+,70-,71-,72+,73-,74-/m1/s1. The first-order valence-electron chi connectivity index (χ1n) is 43.4. The van der Waals surface area contributed by atoms with Gasteiger partial charge in [0.15, 0.2) is 85.1 Å². The van der Waals surface area contributed by atoms with Crippen LogP contribution < -0.4 is 53.6 Å². The number of aliphatic carboxylic acids is 1. The lowest BCUT2D eigenvalue weighted by Gasteiger charge is -2.50. The number of methoxy groups -OCH3 is 2. The van der Waals surface area contributed by atoms with Gasteiger partial charge in [0.1, 0.15) is 201 Å². The Morgan fingerprint density at radius 1 is 0.343 bits per heavy atom. The van der Waals surface area contributed by atoms with Gasteiger partial charge in [-0.2, -0.15) is 0 Å². The molecule has 0 aromatic heterocycles. The maximum atomic E-state index is 14.8. The number of hydrogen-bond acceptors (Lipinski definition) is 50. The summed E-state index contributed by atoms with van der Waals surface area (Å²) in [5, 5.41) is 271. The molecular weight excluding hydrogens is 1900 g/mol. The number of carbonyl (C=O) groups is 8. The highest BCUT2D eigenvalue weighted by Gasteiger charge is 2.62. The smallest absolute Gasteiger partial charge is 0.333 e. The zero-order chi connectivity index (χ0) is 101. The minimum atomic E-state index is -2.49. The summed E-state index contributed by atoms with van der Waals surface area (Å²) in [5.41, 5.74) is 8.80. The van der Waals surface area contributed by atoms with Gasteiger partial charge in [0.25, 0.3) is 11.8 Å². The Hall–Kier alpha value is -6.26. The fourth-order valence-corrected chi connectivity index (χ4v) is 17.8. The molecule has 61 heteroatoms. The average molecular weight is 2030 g/mol. The molecular formula is C76H124N10O49S2. The van der Waals surface area contributed by atoms with Gasteiger partial charge in [-0.15, -0.1) is 0 Å². The fraction of sp³-hybridized carbons (Fsp3) is 0.868. The van der Waals surface area contributed by atoms with E-state index in [4.69, 9.17) is 110 Å². The SMILES string of the molecule is CC[C@@H]1C(C(=O)O)O[C@@H](O[C@@H]2C(NC(C)=O)[C@H](O[C@@H]3C(C(=O)NNC(=S)NCC4O[C@H](O[C@H]5OC(CNC(=S)NNC(=O)C6O[C@@H](O[C@@H]7C(NC(C)=O)[C@H](OC)OC(CO)[C@H]7O)C(O)[C@@H](O)[C@@H]6O[C@@H]6OC(CO)[C@@H](O)[C@H](O[C@@H]7CC(C=O)[C@@H](C)[C@H](O)C7O)C6NC(C)=O)[C@@H](O)[C@H](O)C5O)C(O)[C@@H](O)[C@@H]4O)O[C@@H](O[C@@H]4C(NC(C)=O)[C@H](OC)OC(CO)[C@H]4O)C(O)[C@H]3O)OC(CO)[C@H]2O)C(O)[C@H]1O. The van der Waals surface area contributed by atoms with Gasteiger partial charge in [0, 0.05) is 66.8 Å². The molecule has 59 nitrogen and oxygen atoms in total. The van der Waals surface area contributed by atoms with Crippen molar-refractivity contribution in [2.24, 2.45) is 17.8 Å². The van der Waals surface area contributed by atoms with Crippen molar-refractivity contribution in [2.45, 2.75) is 343 Å². The molecule has 50 atom stereocenters. The van der Waals surface area contributed by atoms with Crippen molar-refractivity contribution in [1.29, 1.82) is 0 Å². The monoisotopic (exact) mass is 2020 g/mol. The van der Waals surface area contributed by atoms with E-state index in [0.717, 1.165) is 41.9 Å². The Morgan fingerprint density at radius 3 is 0.964 bits per heavy atom. The molecule has 0 aromatic rings. The molecule has 0 aromatic carbocycles. The largest absolute Gasteiger partial charge is 0.479 e. The maximum absolute atomic E-state index is 14.8. The summed E-state index contributed by atoms with van der Waals surface area (Å²) >= 11 is 10.8. The summed E-state index contributed by atoms with van der Waals surface area (Å²) in [6.07, 6.45) is -86.7. The topological polar surface area (TPSA) is 888 Å². The van der Waals surface area contributed by atoms with Crippen molar-refractivity contribution in [2.75, 3.05) is 53.7 Å². The third kappa shape index (κ3) is 25.9. The lowest BCUT2D eigenvalue weighted by atomic mass is 9.76. The number of hydrogen-bond donors (Lipinski definition) is 33. The quantitative estimate of drug-likeness (QED) is 0.0165. The van der Waals surface area contributed by atoms with Crippen LogP contribution in [0.15, 0.2) is 0 Å². The van der Waals surface area contributed by atoms with E-state index in [1.54, 1.807) is 0 Å². The summed E-state index contributed by atoms with van der Waals surface area (Å²) in [7, 11) is 2.23. The maximum Gasteiger partial charge on any atom is 0.333 e. The molecule has 0 bridgehead atoms. The molecule has 10 aliphatic rings. The summed E-state index contributed by atoms with van der Waals surface area (Å²) in [6, 6.07) is -6.79. The Labute approximate surface area is 788 Å². The van der Waals surface area contributed by atoms with Crippen molar-refractivity contribution >= 4 is 82.4 Å². The lowest BCUT2D eigenvalue weighted by molar-refractivity contribution is -0.372. The van der Waals surface area contributed by atoms with Gasteiger partial charge in [-0.05, 0) is 43.2 Å². The molecule has 9 saturated heterocycles. The van der Waals surface area contributed by atoms with E-state index < -0.39 is 397 Å². The number of aliphatic hydroxyl groups is 22. The third-order valence-electron chi connectivity index (χ3n) is 25.0. The van der Waals surface area contributed by atoms with Crippen molar-refractivity contribution < 1.29 is 241 Å². The van der Waals surface area contributed by atoms with Crippen LogP contribution in [0.4, 0.5) is 0 Å². The zero-order valence-electron chi connectivity index (χ0n) is 74.3. The number of thiocarbonyl (C=S) groups is 2. The summed E-state index contributed by atoms with van der Waals surface area (Å²) in [5.74, 6) is -10.9. The van der Waals surface area contributed by atoms with E-state index in [2.05, 4.69) is 53.6 Å². The molecule has 6 amide bonds. The van der Waals surface area contributed by atoms with Crippen LogP contribution in [0.3, 0.4) is 0 Å². The second kappa shape index (κ2) is 49.8. The Balaban J connectivity index is 0.826. The van der Waals surface area contributed by atoms with Gasteiger partial charge in [-0.3, -0.25) is 50.5 Å². The van der Waals surface area contributed by atoms with E-state index in [9.17, 15) is 156 Å². The Kier molecular flexibility index (Phi) is 41.0. The van der Waals surface area contributed by atoms with Gasteiger partial charge < -0.3 is 239 Å². The molecule has 784 valence electrons. The third-order valence-corrected chi connectivity index (χ3v) is 25.5. The van der Waals surface area contributed by atoms with E-state index in [0.29, 0.717) is 6.29 Å². The normalized spacial score (nSPS) is 45.2. The molecule has 0 radical (unpaired) electrons. The summed E-state index contributed by atoms with van der Waals surface area (Å²) < 4.78 is 105. The van der Waals surface area contributed by atoms with Crippen LogP contribution in [0.25, 0.3) is 0 Å². The fourth-order valence-electron chi connectivity index (χ4n) is 17.5. The zero-order valence-corrected chi connectivity index (χ0v) is 76.0. The van der Waals surface area contributed by atoms with Gasteiger partial charge in [0.2, 0.25) is 23.6 Å². The number of hydrazine groups is 2. The molecule has 1 saturated carbocycles. The van der Waals surface area contributed by atoms with E-state index in [-0.39, 0.29) is 12.8 Å². The van der Waals surface area contributed by atoms with Crippen molar-refractivity contribution in [3.05, 3.63) is 0 Å². The highest BCUT2D eigenvalue weighted by molar-refractivity contribution is 7.80. The second-order valence-corrected chi connectivity index (χ2v) is 35.0. The first-order chi connectivity index (χ1) is 64.7. The second-order valence-electron chi connectivity index (χ2n) is 34.2. The van der Waals surface area contributed by atoms with Gasteiger partial charge in [-0.25, -0.2) is 4.79 Å². The van der Waals surface area contributed by atoms with Gasteiger partial charge >= 0.3 is 5.97 Å². The highest BCUT2D eigenvalue weighted by atomic mass is 32.1. The van der Waals surface area contributed by atoms with Crippen molar-refractivity contribution in [3.8, 4) is 0 Å². The summed E-state index contributed by atoms with van der Waals surface area (Å²) in [6.45, 7) is 1.49. The van der Waals surface area contributed by atoms with Crippen LogP contribution in [0, 0.1) is 17.8 Å². The van der Waals surface area contributed by atoms with E-state index >= 15 is 0 Å². The highest BCUT2D eigenvalue weighted by Crippen LogP contribution is 2.41. The predicted molar refractivity (Wildman–Crippen MR) is 441 cm³/mol. The first-order valence-corrected chi connectivity index (χ1v) is 44.2. The lowest BCUT2D eigenvalue weighted by Crippen LogP contribution is -2.71. The molecule has 0 spiro atoms. The molecule has 9 heterocycles. The van der Waals surface area contributed by atoms with Gasteiger partial charge in [0.05, 0.1) is 44.7 Å². The number of ether oxygens (including phenoxy) is 18. The van der Waals surface area contributed by atoms with Crippen LogP contribution in [-0.4, -0.2) is 517 Å². The van der Waals surface area contributed by atoms with Gasteiger partial charge in [-0.1, -0.05) is 13.8 Å². The number of carboxylic acids is 1. The Bertz CT molecular complexity index is 3970. The number of rotatable bonds is 33. The van der Waals surface area contributed by atoms with Crippen molar-refractivity contribution in [3.63, 3.8) is 0 Å². The molecule has 33 N–H and O–H groups in total. The van der Waals surface area contributed by atoms with Crippen molar-refractivity contribution in [1.82, 2.24) is 53.6 Å². The number of nitrogens with one attached hydrogen (secondary N) is 10. The Morgan fingerprint density at radius 2 is 0.642 bits per heavy atom. The average Bonchev–Trinajstić information content (AvgIpc) is 0.761. The molecule has 10 fully saturated rings. The predicted octanol–water partition coefficient (Wildman–Crippen LogP) is -20.1. The van der Waals surface area contributed by atoms with Crippen LogP contribution in [0.1, 0.15) is 54.4 Å². The number of aldehydes is 1. The molecule has 10 rings (SSSR count). The minimum Gasteiger partial charge on any atom is -0.479 e. The van der Waals surface area contributed by atoms with Crippen LogP contribution in [0.5, 0.6) is 0 Å². The molecule has 20 unspecified atom stereocenters. The number of carboxylic acid groups (broad SMARTS) is 1. The van der Waals surface area contributed by atoms with Crippen LogP contribution >= 0.6 is 24.4 Å². The van der Waals surface area contributed by atoms with Crippen LogP contribution in [0.2, 0.25) is 0 Å². The van der Waals surface area contributed by atoms with E-state index in [1.165, 1.54) is 13.8 Å². The van der Waals surface area contributed by atoms with E-state index in [1.807, 2.05) is 0 Å². The number of aliphatic hydroxyl groups excluding tert-OH is 22.